The van der Waals surface area contributed by atoms with Gasteiger partial charge in [0.25, 0.3) is 5.91 Å². The van der Waals surface area contributed by atoms with Gasteiger partial charge < -0.3 is 15.8 Å². The second-order valence-electron chi connectivity index (χ2n) is 3.73. The first-order valence-electron chi connectivity index (χ1n) is 5.74. The third-order valence-corrected chi connectivity index (χ3v) is 2.99. The summed E-state index contributed by atoms with van der Waals surface area (Å²) >= 11 is 3.44. The topological polar surface area (TPSA) is 93.4 Å². The number of carbonyl (C=O) groups is 2. The molecule has 0 heterocycles. The number of amides is 3. The molecule has 0 unspecified atom stereocenters. The third kappa shape index (κ3) is 5.71. The highest BCUT2D eigenvalue weighted by atomic mass is 79.9. The maximum absolute atomic E-state index is 11.2. The normalized spacial score (nSPS) is 10.0. The van der Waals surface area contributed by atoms with Gasteiger partial charge in [-0.25, -0.2) is 4.79 Å². The first-order chi connectivity index (χ1) is 9.02. The quantitative estimate of drug-likeness (QED) is 0.729. The van der Waals surface area contributed by atoms with Gasteiger partial charge in [-0.3, -0.25) is 10.1 Å². The lowest BCUT2D eigenvalue weighted by atomic mass is 10.2. The van der Waals surface area contributed by atoms with Crippen LogP contribution in [0.4, 0.5) is 4.79 Å². The van der Waals surface area contributed by atoms with E-state index in [1.165, 1.54) is 0 Å². The van der Waals surface area contributed by atoms with E-state index in [0.29, 0.717) is 12.3 Å². The molecular weight excluding hydrogens is 314 g/mol. The maximum Gasteiger partial charge on any atom is 0.318 e. The summed E-state index contributed by atoms with van der Waals surface area (Å²) in [6.45, 7) is 3.31. The van der Waals surface area contributed by atoms with Gasteiger partial charge in [0.15, 0.2) is 6.61 Å². The van der Waals surface area contributed by atoms with Crippen molar-refractivity contribution >= 4 is 27.9 Å². The molecule has 0 spiro atoms. The third-order valence-electron chi connectivity index (χ3n) is 2.22. The number of halogens is 1. The first kappa shape index (κ1) is 15.5. The molecule has 0 radical (unpaired) electrons. The highest BCUT2D eigenvalue weighted by Gasteiger charge is 2.07. The molecule has 3 amide bonds. The van der Waals surface area contributed by atoms with E-state index in [1.807, 2.05) is 24.4 Å². The summed E-state index contributed by atoms with van der Waals surface area (Å²) in [4.78, 5) is 21.7. The number of rotatable bonds is 6. The standard InChI is InChI=1S/C12H16BrN3O3/c1-2-15-6-8-5-9(3-4-10(8)13)19-7-11(17)16-12(14)18/h3-5,15H,2,6-7H2,1H3,(H3,14,16,17,18). The molecule has 0 fully saturated rings. The van der Waals surface area contributed by atoms with E-state index in [9.17, 15) is 9.59 Å². The van der Waals surface area contributed by atoms with E-state index in [4.69, 9.17) is 10.5 Å². The number of ether oxygens (including phenoxy) is 1. The summed E-state index contributed by atoms with van der Waals surface area (Å²) in [5.74, 6) is -0.0284. The van der Waals surface area contributed by atoms with Crippen molar-refractivity contribution in [1.82, 2.24) is 10.6 Å². The Hall–Kier alpha value is -1.60. The van der Waals surface area contributed by atoms with Crippen LogP contribution in [-0.4, -0.2) is 25.1 Å². The minimum Gasteiger partial charge on any atom is -0.484 e. The fourth-order valence-electron chi connectivity index (χ4n) is 1.36. The number of nitrogens with one attached hydrogen (secondary N) is 2. The van der Waals surface area contributed by atoms with E-state index in [-0.39, 0.29) is 6.61 Å². The average Bonchev–Trinajstić information content (AvgIpc) is 2.35. The van der Waals surface area contributed by atoms with Crippen LogP contribution in [0.5, 0.6) is 5.75 Å². The molecule has 1 rings (SSSR count). The number of hydrogen-bond donors (Lipinski definition) is 3. The number of imide groups is 1. The molecule has 0 aromatic heterocycles. The highest BCUT2D eigenvalue weighted by Crippen LogP contribution is 2.22. The smallest absolute Gasteiger partial charge is 0.318 e. The van der Waals surface area contributed by atoms with E-state index in [0.717, 1.165) is 16.6 Å². The van der Waals surface area contributed by atoms with Crippen LogP contribution in [0, 0.1) is 0 Å². The molecular formula is C12H16BrN3O3. The molecule has 0 bridgehead atoms. The first-order valence-corrected chi connectivity index (χ1v) is 6.53. The molecule has 7 heteroatoms. The lowest BCUT2D eigenvalue weighted by Gasteiger charge is -2.09. The molecule has 6 nitrogen and oxygen atoms in total. The van der Waals surface area contributed by atoms with Crippen molar-refractivity contribution in [2.75, 3.05) is 13.2 Å². The van der Waals surface area contributed by atoms with Crippen molar-refractivity contribution in [2.24, 2.45) is 5.73 Å². The van der Waals surface area contributed by atoms with Crippen LogP contribution in [0.25, 0.3) is 0 Å². The summed E-state index contributed by atoms with van der Waals surface area (Å²) in [5.41, 5.74) is 5.84. The predicted octanol–water partition coefficient (Wildman–Crippen LogP) is 1.13. The van der Waals surface area contributed by atoms with Crippen LogP contribution in [0.1, 0.15) is 12.5 Å². The molecule has 4 N–H and O–H groups in total. The Morgan fingerprint density at radius 2 is 2.16 bits per heavy atom. The molecule has 0 aliphatic rings. The number of urea groups is 1. The van der Waals surface area contributed by atoms with Crippen molar-refractivity contribution in [2.45, 2.75) is 13.5 Å². The average molecular weight is 330 g/mol. The second-order valence-corrected chi connectivity index (χ2v) is 4.59. The molecule has 19 heavy (non-hydrogen) atoms. The lowest BCUT2D eigenvalue weighted by Crippen LogP contribution is -2.38. The second kappa shape index (κ2) is 7.75. The Bertz CT molecular complexity index is 466. The molecule has 0 saturated heterocycles. The number of primary amides is 1. The Kier molecular flexibility index (Phi) is 6.31. The van der Waals surface area contributed by atoms with E-state index < -0.39 is 11.9 Å². The molecule has 0 aliphatic heterocycles. The number of benzene rings is 1. The molecule has 1 aromatic rings. The number of hydrogen-bond acceptors (Lipinski definition) is 4. The fraction of sp³-hybridized carbons (Fsp3) is 0.333. The minimum absolute atomic E-state index is 0.259. The minimum atomic E-state index is -0.891. The Morgan fingerprint density at radius 1 is 1.42 bits per heavy atom. The van der Waals surface area contributed by atoms with E-state index in [2.05, 4.69) is 21.2 Å². The summed E-state index contributed by atoms with van der Waals surface area (Å²) in [6.07, 6.45) is 0. The lowest BCUT2D eigenvalue weighted by molar-refractivity contribution is -0.121. The Balaban J connectivity index is 2.58. The molecule has 104 valence electrons. The van der Waals surface area contributed by atoms with Crippen molar-refractivity contribution in [3.63, 3.8) is 0 Å². The van der Waals surface area contributed by atoms with Gasteiger partial charge in [-0.2, -0.15) is 0 Å². The van der Waals surface area contributed by atoms with Crippen molar-refractivity contribution in [3.8, 4) is 5.75 Å². The monoisotopic (exact) mass is 329 g/mol. The summed E-state index contributed by atoms with van der Waals surface area (Å²) in [5, 5.41) is 5.12. The zero-order valence-corrected chi connectivity index (χ0v) is 12.1. The largest absolute Gasteiger partial charge is 0.484 e. The number of nitrogens with two attached hydrogens (primary N) is 1. The molecule has 0 saturated carbocycles. The fourth-order valence-corrected chi connectivity index (χ4v) is 1.75. The SMILES string of the molecule is CCNCc1cc(OCC(=O)NC(N)=O)ccc1Br. The van der Waals surface area contributed by atoms with Gasteiger partial charge in [0.05, 0.1) is 0 Å². The maximum atomic E-state index is 11.2. The van der Waals surface area contributed by atoms with Gasteiger partial charge in [-0.1, -0.05) is 22.9 Å². The van der Waals surface area contributed by atoms with Crippen LogP contribution in [0.2, 0.25) is 0 Å². The van der Waals surface area contributed by atoms with Gasteiger partial charge in [0, 0.05) is 11.0 Å². The van der Waals surface area contributed by atoms with Crippen LogP contribution in [0.15, 0.2) is 22.7 Å². The molecule has 0 aliphatic carbocycles. The zero-order valence-electron chi connectivity index (χ0n) is 10.5. The van der Waals surface area contributed by atoms with Crippen molar-refractivity contribution in [1.29, 1.82) is 0 Å². The van der Waals surface area contributed by atoms with E-state index >= 15 is 0 Å². The van der Waals surface area contributed by atoms with Crippen LogP contribution in [-0.2, 0) is 11.3 Å². The van der Waals surface area contributed by atoms with Gasteiger partial charge >= 0.3 is 6.03 Å². The summed E-state index contributed by atoms with van der Waals surface area (Å²) in [6, 6.07) is 4.51. The van der Waals surface area contributed by atoms with Gasteiger partial charge in [-0.15, -0.1) is 0 Å². The number of carbonyl (C=O) groups excluding carboxylic acids is 2. The van der Waals surface area contributed by atoms with Gasteiger partial charge in [0.2, 0.25) is 0 Å². The summed E-state index contributed by atoms with van der Waals surface area (Å²) in [7, 11) is 0. The van der Waals surface area contributed by atoms with Gasteiger partial charge in [-0.05, 0) is 30.3 Å². The zero-order chi connectivity index (χ0) is 14.3. The Labute approximate surface area is 119 Å². The molecule has 1 aromatic carbocycles. The Morgan fingerprint density at radius 3 is 2.79 bits per heavy atom. The predicted molar refractivity (Wildman–Crippen MR) is 74.7 cm³/mol. The highest BCUT2D eigenvalue weighted by molar-refractivity contribution is 9.10. The van der Waals surface area contributed by atoms with Crippen molar-refractivity contribution < 1.29 is 14.3 Å². The van der Waals surface area contributed by atoms with Crippen LogP contribution in [0.3, 0.4) is 0 Å². The van der Waals surface area contributed by atoms with Crippen LogP contribution >= 0.6 is 15.9 Å². The van der Waals surface area contributed by atoms with Crippen LogP contribution < -0.4 is 21.1 Å². The van der Waals surface area contributed by atoms with E-state index in [1.54, 1.807) is 6.07 Å². The summed E-state index contributed by atoms with van der Waals surface area (Å²) < 4.78 is 6.24. The molecule has 0 atom stereocenters. The van der Waals surface area contributed by atoms with Gasteiger partial charge in [0.1, 0.15) is 5.75 Å². The van der Waals surface area contributed by atoms with Crippen molar-refractivity contribution in [3.05, 3.63) is 28.2 Å².